The van der Waals surface area contributed by atoms with Crippen LogP contribution in [-0.4, -0.2) is 18.0 Å². The van der Waals surface area contributed by atoms with Crippen molar-refractivity contribution in [2.75, 3.05) is 5.32 Å². The second-order valence-electron chi connectivity index (χ2n) is 9.09. The maximum absolute atomic E-state index is 12.8. The number of carbonyl (C=O) groups excluding carboxylic acids is 2. The molecule has 0 bridgehead atoms. The Morgan fingerprint density at radius 2 is 1.52 bits per heavy atom. The minimum Gasteiger partial charge on any atom is -0.489 e. The van der Waals surface area contributed by atoms with E-state index in [1.54, 1.807) is 54.7 Å². The summed E-state index contributed by atoms with van der Waals surface area (Å²) in [4.78, 5) is 25.3. The van der Waals surface area contributed by atoms with E-state index in [9.17, 15) is 9.59 Å². The maximum atomic E-state index is 12.8. The molecule has 0 aliphatic heterocycles. The van der Waals surface area contributed by atoms with Crippen LogP contribution in [0.25, 0.3) is 10.8 Å². The summed E-state index contributed by atoms with van der Waals surface area (Å²) in [7, 11) is 0. The second-order valence-corrected chi connectivity index (χ2v) is 9.53. The van der Waals surface area contributed by atoms with Crippen molar-refractivity contribution in [3.8, 4) is 5.75 Å². The Balaban J connectivity index is 1.15. The molecule has 0 atom stereocenters. The average molecular weight is 548 g/mol. The van der Waals surface area contributed by atoms with Crippen LogP contribution in [0.2, 0.25) is 5.02 Å². The van der Waals surface area contributed by atoms with Crippen LogP contribution >= 0.6 is 11.6 Å². The van der Waals surface area contributed by atoms with E-state index in [0.29, 0.717) is 22.9 Å². The third-order valence-corrected chi connectivity index (χ3v) is 6.51. The minimum absolute atomic E-state index is 0.160. The molecule has 5 aromatic carbocycles. The molecule has 5 rings (SSSR count). The number of fused-ring (bicyclic) bond motifs is 1. The zero-order chi connectivity index (χ0) is 27.7. The van der Waals surface area contributed by atoms with E-state index < -0.39 is 5.91 Å². The summed E-state index contributed by atoms with van der Waals surface area (Å²) in [5, 5.41) is 9.84. The average Bonchev–Trinajstić information content (AvgIpc) is 2.98. The molecule has 0 unspecified atom stereocenters. The van der Waals surface area contributed by atoms with E-state index in [1.807, 2.05) is 42.5 Å². The molecule has 6 nitrogen and oxygen atoms in total. The summed E-state index contributed by atoms with van der Waals surface area (Å²) >= 11 is 5.91. The number of hydrogen-bond acceptors (Lipinski definition) is 4. The van der Waals surface area contributed by atoms with Gasteiger partial charge in [0.05, 0.1) is 23.9 Å². The van der Waals surface area contributed by atoms with E-state index in [2.05, 4.69) is 40.1 Å². The number of nitrogens with zero attached hydrogens (tertiary/aromatic N) is 1. The van der Waals surface area contributed by atoms with Crippen molar-refractivity contribution in [2.24, 2.45) is 5.10 Å². The summed E-state index contributed by atoms with van der Waals surface area (Å²) in [5.74, 6) is 0.0555. The number of nitrogens with one attached hydrogen (secondary N) is 2. The highest BCUT2D eigenvalue weighted by molar-refractivity contribution is 6.30. The van der Waals surface area contributed by atoms with Crippen molar-refractivity contribution in [1.29, 1.82) is 0 Å². The molecule has 0 radical (unpaired) electrons. The quantitative estimate of drug-likeness (QED) is 0.154. The molecule has 0 fully saturated rings. The van der Waals surface area contributed by atoms with Gasteiger partial charge in [-0.3, -0.25) is 9.59 Å². The molecule has 7 heteroatoms. The Morgan fingerprint density at radius 1 is 0.800 bits per heavy atom. The normalized spacial score (nSPS) is 10.9. The van der Waals surface area contributed by atoms with Crippen LogP contribution < -0.4 is 15.5 Å². The standard InChI is InChI=1S/C33H26ClN3O3/c34-27-16-12-23(13-17-27)20-32(38)36-31-11-4-3-10-30(31)33(39)37-35-21-24-14-18-28(19-15-24)40-22-26-8-5-7-25-6-1-2-9-29(25)26/h1-19,21H,20,22H2,(H,36,38)(H,37,39)/b35-21+. The van der Waals surface area contributed by atoms with Crippen molar-refractivity contribution in [1.82, 2.24) is 5.43 Å². The monoisotopic (exact) mass is 547 g/mol. The minimum atomic E-state index is -0.436. The van der Waals surface area contributed by atoms with Gasteiger partial charge in [0.1, 0.15) is 12.4 Å². The Morgan fingerprint density at radius 3 is 2.35 bits per heavy atom. The second kappa shape index (κ2) is 12.7. The van der Waals surface area contributed by atoms with Gasteiger partial charge in [0, 0.05) is 5.02 Å². The number of amides is 2. The lowest BCUT2D eigenvalue weighted by Gasteiger charge is -2.10. The molecule has 0 aromatic heterocycles. The molecular weight excluding hydrogens is 522 g/mol. The summed E-state index contributed by atoms with van der Waals surface area (Å²) < 4.78 is 5.99. The van der Waals surface area contributed by atoms with Gasteiger partial charge in [-0.15, -0.1) is 0 Å². The number of hydrazone groups is 1. The number of halogens is 1. The lowest BCUT2D eigenvalue weighted by molar-refractivity contribution is -0.115. The van der Waals surface area contributed by atoms with Crippen molar-refractivity contribution in [2.45, 2.75) is 13.0 Å². The number of para-hydroxylation sites is 1. The predicted molar refractivity (Wildman–Crippen MR) is 160 cm³/mol. The third kappa shape index (κ3) is 6.92. The first-order chi connectivity index (χ1) is 19.5. The fourth-order valence-corrected chi connectivity index (χ4v) is 4.35. The number of rotatable bonds is 9. The van der Waals surface area contributed by atoms with Gasteiger partial charge >= 0.3 is 0 Å². The van der Waals surface area contributed by atoms with Crippen LogP contribution in [-0.2, 0) is 17.8 Å². The smallest absolute Gasteiger partial charge is 0.273 e. The van der Waals surface area contributed by atoms with Gasteiger partial charge in [0.15, 0.2) is 0 Å². The number of anilines is 1. The maximum Gasteiger partial charge on any atom is 0.273 e. The molecule has 0 spiro atoms. The van der Waals surface area contributed by atoms with Crippen molar-refractivity contribution >= 4 is 46.1 Å². The van der Waals surface area contributed by atoms with Crippen LogP contribution in [0.15, 0.2) is 120 Å². The van der Waals surface area contributed by atoms with Crippen LogP contribution in [0, 0.1) is 0 Å². The number of hydrogen-bond donors (Lipinski definition) is 2. The molecule has 0 saturated carbocycles. The fraction of sp³-hybridized carbons (Fsp3) is 0.0606. The third-order valence-electron chi connectivity index (χ3n) is 6.26. The van der Waals surface area contributed by atoms with Crippen molar-refractivity contribution in [3.05, 3.63) is 143 Å². The fourth-order valence-electron chi connectivity index (χ4n) is 4.23. The van der Waals surface area contributed by atoms with E-state index in [1.165, 1.54) is 10.8 Å². The number of ether oxygens (including phenoxy) is 1. The van der Waals surface area contributed by atoms with Gasteiger partial charge in [0.2, 0.25) is 5.91 Å². The van der Waals surface area contributed by atoms with Crippen LogP contribution in [0.1, 0.15) is 27.0 Å². The van der Waals surface area contributed by atoms with E-state index in [-0.39, 0.29) is 12.3 Å². The summed E-state index contributed by atoms with van der Waals surface area (Å²) in [6, 6.07) is 35.7. The molecule has 0 aliphatic carbocycles. The van der Waals surface area contributed by atoms with E-state index in [0.717, 1.165) is 22.4 Å². The van der Waals surface area contributed by atoms with E-state index in [4.69, 9.17) is 16.3 Å². The van der Waals surface area contributed by atoms with Gasteiger partial charge < -0.3 is 10.1 Å². The molecule has 2 N–H and O–H groups in total. The Labute approximate surface area is 237 Å². The first kappa shape index (κ1) is 26.7. The predicted octanol–water partition coefficient (Wildman–Crippen LogP) is 7.02. The van der Waals surface area contributed by atoms with Crippen LogP contribution in [0.5, 0.6) is 5.75 Å². The van der Waals surface area contributed by atoms with Gasteiger partial charge in [0.25, 0.3) is 5.91 Å². The largest absolute Gasteiger partial charge is 0.489 e. The van der Waals surface area contributed by atoms with Crippen LogP contribution in [0.4, 0.5) is 5.69 Å². The highest BCUT2D eigenvalue weighted by Gasteiger charge is 2.13. The molecule has 198 valence electrons. The zero-order valence-electron chi connectivity index (χ0n) is 21.5. The molecule has 0 saturated heterocycles. The highest BCUT2D eigenvalue weighted by atomic mass is 35.5. The Kier molecular flexibility index (Phi) is 8.49. The zero-order valence-corrected chi connectivity index (χ0v) is 22.3. The van der Waals surface area contributed by atoms with Crippen molar-refractivity contribution < 1.29 is 14.3 Å². The topological polar surface area (TPSA) is 79.8 Å². The highest BCUT2D eigenvalue weighted by Crippen LogP contribution is 2.21. The molecule has 5 aromatic rings. The summed E-state index contributed by atoms with van der Waals surface area (Å²) in [6.45, 7) is 0.459. The number of carbonyl (C=O) groups is 2. The summed E-state index contributed by atoms with van der Waals surface area (Å²) in [5.41, 5.74) is 5.97. The lowest BCUT2D eigenvalue weighted by Crippen LogP contribution is -2.22. The van der Waals surface area contributed by atoms with E-state index >= 15 is 0 Å². The molecule has 2 amide bonds. The van der Waals surface area contributed by atoms with Gasteiger partial charge in [-0.05, 0) is 76.0 Å². The molecule has 40 heavy (non-hydrogen) atoms. The van der Waals surface area contributed by atoms with Gasteiger partial charge in [-0.25, -0.2) is 5.43 Å². The summed E-state index contributed by atoms with van der Waals surface area (Å²) in [6.07, 6.45) is 1.71. The first-order valence-electron chi connectivity index (χ1n) is 12.7. The Hall–Kier alpha value is -4.94. The molecule has 0 aliphatic rings. The van der Waals surface area contributed by atoms with Crippen LogP contribution in [0.3, 0.4) is 0 Å². The first-order valence-corrected chi connectivity index (χ1v) is 13.1. The Bertz CT molecular complexity index is 1660. The molecule has 0 heterocycles. The SMILES string of the molecule is O=C(Cc1ccc(Cl)cc1)Nc1ccccc1C(=O)N/N=C/c1ccc(OCc2cccc3ccccc23)cc1. The molecular formula is C33H26ClN3O3. The number of benzene rings is 5. The van der Waals surface area contributed by atoms with Gasteiger partial charge in [-0.1, -0.05) is 78.3 Å². The van der Waals surface area contributed by atoms with Crippen molar-refractivity contribution in [3.63, 3.8) is 0 Å². The van der Waals surface area contributed by atoms with Gasteiger partial charge in [-0.2, -0.15) is 5.10 Å². The lowest BCUT2D eigenvalue weighted by atomic mass is 10.1.